The molecule has 0 unspecified atom stereocenters. The number of nitrogens with one attached hydrogen (secondary N) is 1. The molecule has 2 heterocycles. The number of fused-ring (bicyclic) bond motifs is 1. The van der Waals surface area contributed by atoms with Gasteiger partial charge < -0.3 is 14.5 Å². The largest absolute Gasteiger partial charge is 0.475 e. The molecule has 0 atom stereocenters. The average molecular weight is 287 g/mol. The third-order valence-corrected chi connectivity index (χ3v) is 3.88. The fraction of sp³-hybridized carbons (Fsp3) is 0.500. The van der Waals surface area contributed by atoms with Crippen LogP contribution in [-0.2, 0) is 0 Å². The number of hydrogen-bond donors (Lipinski definition) is 1. The van der Waals surface area contributed by atoms with E-state index in [-0.39, 0.29) is 0 Å². The van der Waals surface area contributed by atoms with Gasteiger partial charge in [-0.2, -0.15) is 0 Å². The molecule has 3 rings (SSSR count). The smallest absolute Gasteiger partial charge is 0.258 e. The molecule has 5 nitrogen and oxygen atoms in total. The van der Waals surface area contributed by atoms with Crippen LogP contribution in [0.4, 0.5) is 5.82 Å². The number of nitrogens with zero attached hydrogens (tertiary/aromatic N) is 3. The number of ether oxygens (including phenoxy) is 1. The molecule has 2 aromatic rings. The lowest BCUT2D eigenvalue weighted by molar-refractivity contribution is -0.880. The van der Waals surface area contributed by atoms with Gasteiger partial charge in [-0.15, -0.1) is 0 Å². The van der Waals surface area contributed by atoms with Gasteiger partial charge in [-0.3, -0.25) is 0 Å². The molecule has 0 aliphatic carbocycles. The van der Waals surface area contributed by atoms with Gasteiger partial charge in [0.05, 0.1) is 50.9 Å². The Morgan fingerprint density at radius 3 is 2.48 bits per heavy atom. The van der Waals surface area contributed by atoms with Crippen molar-refractivity contribution in [1.82, 2.24) is 9.97 Å². The maximum absolute atomic E-state index is 5.85. The van der Waals surface area contributed by atoms with Crippen molar-refractivity contribution in [1.29, 1.82) is 0 Å². The van der Waals surface area contributed by atoms with Crippen LogP contribution in [0.3, 0.4) is 0 Å². The Balaban J connectivity index is 1.97. The van der Waals surface area contributed by atoms with Crippen molar-refractivity contribution >= 4 is 16.9 Å². The van der Waals surface area contributed by atoms with E-state index < -0.39 is 0 Å². The first-order chi connectivity index (χ1) is 10.3. The topological polar surface area (TPSA) is 42.7 Å². The summed E-state index contributed by atoms with van der Waals surface area (Å²) in [4.78, 5) is 13.3. The van der Waals surface area contributed by atoms with Crippen LogP contribution in [0.2, 0.25) is 0 Å². The number of para-hydroxylation sites is 2. The SMILES string of the molecule is CCCOc1nc2ccccc2nc1N1CC[NH+](C)CC1. The van der Waals surface area contributed by atoms with Crippen molar-refractivity contribution in [3.05, 3.63) is 24.3 Å². The van der Waals surface area contributed by atoms with E-state index in [1.54, 1.807) is 4.90 Å². The summed E-state index contributed by atoms with van der Waals surface area (Å²) in [6, 6.07) is 7.98. The predicted octanol–water partition coefficient (Wildman–Crippen LogP) is 0.753. The number of aromatic nitrogens is 2. The summed E-state index contributed by atoms with van der Waals surface area (Å²) >= 11 is 0. The van der Waals surface area contributed by atoms with Crippen LogP contribution in [0.25, 0.3) is 11.0 Å². The molecule has 1 aliphatic heterocycles. The second kappa shape index (κ2) is 6.26. The third kappa shape index (κ3) is 3.08. The van der Waals surface area contributed by atoms with E-state index in [2.05, 4.69) is 23.9 Å². The predicted molar refractivity (Wildman–Crippen MR) is 84.2 cm³/mol. The van der Waals surface area contributed by atoms with Crippen LogP contribution >= 0.6 is 0 Å². The molecule has 0 saturated carbocycles. The fourth-order valence-electron chi connectivity index (χ4n) is 2.58. The van der Waals surface area contributed by atoms with Crippen LogP contribution in [-0.4, -0.2) is 49.8 Å². The highest BCUT2D eigenvalue weighted by Crippen LogP contribution is 2.27. The minimum absolute atomic E-state index is 0.676. The zero-order valence-electron chi connectivity index (χ0n) is 12.8. The van der Waals surface area contributed by atoms with Crippen molar-refractivity contribution in [2.45, 2.75) is 13.3 Å². The second-order valence-corrected chi connectivity index (χ2v) is 5.63. The van der Waals surface area contributed by atoms with E-state index in [0.29, 0.717) is 12.5 Å². The van der Waals surface area contributed by atoms with E-state index in [4.69, 9.17) is 9.72 Å². The van der Waals surface area contributed by atoms with Crippen LogP contribution in [0.5, 0.6) is 5.88 Å². The van der Waals surface area contributed by atoms with Crippen molar-refractivity contribution in [3.8, 4) is 5.88 Å². The first-order valence-corrected chi connectivity index (χ1v) is 7.73. The van der Waals surface area contributed by atoms with Crippen LogP contribution < -0.4 is 14.5 Å². The number of benzene rings is 1. The lowest BCUT2D eigenvalue weighted by Crippen LogP contribution is -3.12. The Hall–Kier alpha value is -1.88. The minimum atomic E-state index is 0.676. The van der Waals surface area contributed by atoms with E-state index in [9.17, 15) is 0 Å². The first kappa shape index (κ1) is 14.1. The number of anilines is 1. The van der Waals surface area contributed by atoms with Crippen molar-refractivity contribution in [2.24, 2.45) is 0 Å². The van der Waals surface area contributed by atoms with Crippen molar-refractivity contribution < 1.29 is 9.64 Å². The molecule has 21 heavy (non-hydrogen) atoms. The van der Waals surface area contributed by atoms with Gasteiger partial charge in [-0.25, -0.2) is 9.97 Å². The van der Waals surface area contributed by atoms with Gasteiger partial charge in [0.15, 0.2) is 5.82 Å². The van der Waals surface area contributed by atoms with E-state index in [0.717, 1.165) is 49.5 Å². The monoisotopic (exact) mass is 287 g/mol. The lowest BCUT2D eigenvalue weighted by Gasteiger charge is -2.31. The lowest BCUT2D eigenvalue weighted by atomic mass is 10.3. The quantitative estimate of drug-likeness (QED) is 0.901. The van der Waals surface area contributed by atoms with Gasteiger partial charge in [0.2, 0.25) is 0 Å². The molecule has 1 N–H and O–H groups in total. The maximum atomic E-state index is 5.85. The van der Waals surface area contributed by atoms with Crippen molar-refractivity contribution in [3.63, 3.8) is 0 Å². The highest BCUT2D eigenvalue weighted by atomic mass is 16.5. The molecular weight excluding hydrogens is 264 g/mol. The molecule has 1 saturated heterocycles. The summed E-state index contributed by atoms with van der Waals surface area (Å²) in [7, 11) is 2.23. The fourth-order valence-corrected chi connectivity index (χ4v) is 2.58. The summed E-state index contributed by atoms with van der Waals surface area (Å²) in [5.41, 5.74) is 1.83. The van der Waals surface area contributed by atoms with Crippen LogP contribution in [0.15, 0.2) is 24.3 Å². The molecular formula is C16H23N4O+. The zero-order chi connectivity index (χ0) is 14.7. The number of likely N-dealkylation sites (N-methyl/N-ethyl adjacent to an activating group) is 1. The summed E-state index contributed by atoms with van der Waals surface area (Å²) in [6.45, 7) is 7.04. The summed E-state index contributed by atoms with van der Waals surface area (Å²) in [5.74, 6) is 1.57. The molecule has 112 valence electrons. The number of quaternary nitrogens is 1. The van der Waals surface area contributed by atoms with E-state index in [1.165, 1.54) is 0 Å². The molecule has 1 aliphatic rings. The molecule has 0 spiro atoms. The van der Waals surface area contributed by atoms with Gasteiger partial charge in [0.1, 0.15) is 0 Å². The Bertz CT molecular complexity index is 608. The Labute approximate surface area is 125 Å². The molecule has 1 fully saturated rings. The highest BCUT2D eigenvalue weighted by Gasteiger charge is 2.22. The molecule has 1 aromatic heterocycles. The van der Waals surface area contributed by atoms with E-state index in [1.807, 2.05) is 24.3 Å². The number of piperazine rings is 1. The normalized spacial score (nSPS) is 16.4. The minimum Gasteiger partial charge on any atom is -0.475 e. The molecule has 1 aromatic carbocycles. The van der Waals surface area contributed by atoms with Gasteiger partial charge in [0.25, 0.3) is 5.88 Å². The highest BCUT2D eigenvalue weighted by molar-refractivity contribution is 5.77. The third-order valence-electron chi connectivity index (χ3n) is 3.88. The second-order valence-electron chi connectivity index (χ2n) is 5.63. The first-order valence-electron chi connectivity index (χ1n) is 7.73. The molecule has 0 amide bonds. The van der Waals surface area contributed by atoms with Crippen molar-refractivity contribution in [2.75, 3.05) is 44.7 Å². The number of hydrogen-bond acceptors (Lipinski definition) is 4. The summed E-state index contributed by atoms with van der Waals surface area (Å²) in [5, 5.41) is 0. The Morgan fingerprint density at radius 2 is 1.81 bits per heavy atom. The average Bonchev–Trinajstić information content (AvgIpc) is 2.53. The van der Waals surface area contributed by atoms with Crippen LogP contribution in [0, 0.1) is 0 Å². The van der Waals surface area contributed by atoms with E-state index >= 15 is 0 Å². The summed E-state index contributed by atoms with van der Waals surface area (Å²) in [6.07, 6.45) is 0.973. The molecule has 0 bridgehead atoms. The van der Waals surface area contributed by atoms with Gasteiger partial charge >= 0.3 is 0 Å². The standard InChI is InChI=1S/C16H22N4O/c1-3-12-21-16-15(20-10-8-19(2)9-11-20)17-13-6-4-5-7-14(13)18-16/h4-7H,3,8-12H2,1-2H3/p+1. The maximum Gasteiger partial charge on any atom is 0.258 e. The Kier molecular flexibility index (Phi) is 4.20. The molecule has 0 radical (unpaired) electrons. The summed E-state index contributed by atoms with van der Waals surface area (Å²) < 4.78 is 5.85. The van der Waals surface area contributed by atoms with Gasteiger partial charge in [-0.1, -0.05) is 19.1 Å². The zero-order valence-corrected chi connectivity index (χ0v) is 12.8. The van der Waals surface area contributed by atoms with Crippen LogP contribution in [0.1, 0.15) is 13.3 Å². The van der Waals surface area contributed by atoms with Gasteiger partial charge in [-0.05, 0) is 18.6 Å². The number of rotatable bonds is 4. The Morgan fingerprint density at radius 1 is 1.14 bits per heavy atom. The van der Waals surface area contributed by atoms with Gasteiger partial charge in [0, 0.05) is 0 Å². The molecule has 5 heteroatoms.